The third kappa shape index (κ3) is 6.48. The average molecular weight is 529 g/mol. The summed E-state index contributed by atoms with van der Waals surface area (Å²) < 4.78 is 0. The van der Waals surface area contributed by atoms with Crippen molar-refractivity contribution in [2.24, 2.45) is 5.92 Å². The molecule has 2 N–H and O–H groups in total. The molecule has 37 heavy (non-hydrogen) atoms. The average Bonchev–Trinajstić information content (AvgIpc) is 3.33. The van der Waals surface area contributed by atoms with Crippen molar-refractivity contribution in [1.82, 2.24) is 29.9 Å². The van der Waals surface area contributed by atoms with Gasteiger partial charge in [-0.3, -0.25) is 14.5 Å². The molecule has 1 aromatic carbocycles. The highest BCUT2D eigenvalue weighted by molar-refractivity contribution is 6.31. The molecule has 2 aromatic rings. The summed E-state index contributed by atoms with van der Waals surface area (Å²) in [5.74, 6) is 0.269. The standard InChI is InChI=1S/C28H41ClN6O2/c1-32-9-5-20(6-10-32)17-26(31-27(36)25-19-21-18-22(29)3-4-24(21)30-25)28(37)35-15-13-34(14-16-35)23-7-11-33(2)12-8-23/h3-4,18-20,23,26,30H,5-17H2,1-2H3,(H,31,36)/t26-/m1/s1. The number of aromatic amines is 1. The van der Waals surface area contributed by atoms with Crippen LogP contribution in [0.4, 0.5) is 0 Å². The maximum absolute atomic E-state index is 13.8. The van der Waals surface area contributed by atoms with Gasteiger partial charge < -0.3 is 25.0 Å². The van der Waals surface area contributed by atoms with Gasteiger partial charge in [0, 0.05) is 48.1 Å². The fourth-order valence-electron chi connectivity index (χ4n) is 6.20. The van der Waals surface area contributed by atoms with Crippen LogP contribution < -0.4 is 5.32 Å². The van der Waals surface area contributed by atoms with E-state index in [4.69, 9.17) is 11.6 Å². The Morgan fingerprint density at radius 3 is 2.27 bits per heavy atom. The number of nitrogens with zero attached hydrogens (tertiary/aromatic N) is 4. The number of carbonyl (C=O) groups is 2. The first-order valence-electron chi connectivity index (χ1n) is 13.8. The summed E-state index contributed by atoms with van der Waals surface area (Å²) >= 11 is 6.13. The highest BCUT2D eigenvalue weighted by Crippen LogP contribution is 2.24. The largest absolute Gasteiger partial charge is 0.351 e. The second-order valence-electron chi connectivity index (χ2n) is 11.3. The number of likely N-dealkylation sites (tertiary alicyclic amines) is 2. The Kier molecular flexibility index (Phi) is 8.39. The summed E-state index contributed by atoms with van der Waals surface area (Å²) in [6, 6.07) is 7.45. The Balaban J connectivity index is 1.25. The molecule has 0 bridgehead atoms. The Morgan fingerprint density at radius 1 is 0.946 bits per heavy atom. The molecule has 2 amide bonds. The molecule has 3 aliphatic rings. The maximum Gasteiger partial charge on any atom is 0.268 e. The molecule has 202 valence electrons. The van der Waals surface area contributed by atoms with Crippen molar-refractivity contribution in [1.29, 1.82) is 0 Å². The van der Waals surface area contributed by atoms with Crippen LogP contribution in [-0.2, 0) is 4.79 Å². The highest BCUT2D eigenvalue weighted by atomic mass is 35.5. The van der Waals surface area contributed by atoms with E-state index in [-0.39, 0.29) is 11.8 Å². The molecule has 8 nitrogen and oxygen atoms in total. The number of benzene rings is 1. The van der Waals surface area contributed by atoms with E-state index in [1.54, 1.807) is 6.07 Å². The van der Waals surface area contributed by atoms with Gasteiger partial charge in [-0.1, -0.05) is 11.6 Å². The maximum atomic E-state index is 13.8. The number of carbonyl (C=O) groups excluding carboxylic acids is 2. The van der Waals surface area contributed by atoms with Crippen LogP contribution in [0.5, 0.6) is 0 Å². The predicted octanol–water partition coefficient (Wildman–Crippen LogP) is 2.89. The number of fused-ring (bicyclic) bond motifs is 1. The fraction of sp³-hybridized carbons (Fsp3) is 0.643. The Labute approximate surface area is 225 Å². The van der Waals surface area contributed by atoms with Crippen molar-refractivity contribution in [3.05, 3.63) is 35.0 Å². The Morgan fingerprint density at radius 2 is 1.59 bits per heavy atom. The molecule has 3 aliphatic heterocycles. The van der Waals surface area contributed by atoms with E-state index >= 15 is 0 Å². The zero-order chi connectivity index (χ0) is 25.9. The molecule has 0 spiro atoms. The predicted molar refractivity (Wildman–Crippen MR) is 148 cm³/mol. The molecule has 4 heterocycles. The highest BCUT2D eigenvalue weighted by Gasteiger charge is 2.33. The van der Waals surface area contributed by atoms with Gasteiger partial charge in [-0.05, 0) is 103 Å². The summed E-state index contributed by atoms with van der Waals surface area (Å²) in [5, 5.41) is 4.64. The molecule has 0 aliphatic carbocycles. The second kappa shape index (κ2) is 11.7. The molecule has 9 heteroatoms. The van der Waals surface area contributed by atoms with Crippen molar-refractivity contribution in [3.63, 3.8) is 0 Å². The SMILES string of the molecule is CN1CCC(C[C@@H](NC(=O)c2cc3cc(Cl)ccc3[nH]2)C(=O)N2CCN(C3CCN(C)CC3)CC2)CC1. The number of amides is 2. The van der Waals surface area contributed by atoms with Gasteiger partial charge in [0.05, 0.1) is 0 Å². The lowest BCUT2D eigenvalue weighted by atomic mass is 9.89. The number of halogens is 1. The molecule has 1 aromatic heterocycles. The Hall–Kier alpha value is -2.13. The van der Waals surface area contributed by atoms with Crippen LogP contribution in [-0.4, -0.2) is 115 Å². The van der Waals surface area contributed by atoms with Crippen molar-refractivity contribution >= 4 is 34.3 Å². The molecule has 1 atom stereocenters. The van der Waals surface area contributed by atoms with Crippen LogP contribution in [0.15, 0.2) is 24.3 Å². The summed E-state index contributed by atoms with van der Waals surface area (Å²) in [6.45, 7) is 7.67. The number of hydrogen-bond acceptors (Lipinski definition) is 5. The van der Waals surface area contributed by atoms with E-state index in [1.165, 1.54) is 12.8 Å². The number of aromatic nitrogens is 1. The van der Waals surface area contributed by atoms with Crippen LogP contribution in [0, 0.1) is 5.92 Å². The van der Waals surface area contributed by atoms with Gasteiger partial charge in [0.2, 0.25) is 5.91 Å². The van der Waals surface area contributed by atoms with Crippen LogP contribution in [0.3, 0.4) is 0 Å². The van der Waals surface area contributed by atoms with Crippen LogP contribution in [0.2, 0.25) is 5.02 Å². The minimum atomic E-state index is -0.509. The first-order chi connectivity index (χ1) is 17.9. The fourth-order valence-corrected chi connectivity index (χ4v) is 6.38. The molecular weight excluding hydrogens is 488 g/mol. The van der Waals surface area contributed by atoms with Crippen LogP contribution in [0.1, 0.15) is 42.6 Å². The molecule has 3 fully saturated rings. The quantitative estimate of drug-likeness (QED) is 0.603. The van der Waals surface area contributed by atoms with E-state index in [0.29, 0.717) is 29.1 Å². The number of piperazine rings is 1. The van der Waals surface area contributed by atoms with E-state index in [0.717, 1.165) is 76.1 Å². The van der Waals surface area contributed by atoms with E-state index in [1.807, 2.05) is 23.1 Å². The molecule has 5 rings (SSSR count). The smallest absolute Gasteiger partial charge is 0.268 e. The third-order valence-corrected chi connectivity index (χ3v) is 8.90. The number of hydrogen-bond donors (Lipinski definition) is 2. The molecule has 0 unspecified atom stereocenters. The second-order valence-corrected chi connectivity index (χ2v) is 11.8. The lowest BCUT2D eigenvalue weighted by molar-refractivity contribution is -0.136. The molecule has 0 saturated carbocycles. The number of piperidine rings is 2. The zero-order valence-corrected chi connectivity index (χ0v) is 23.0. The number of nitrogens with one attached hydrogen (secondary N) is 2. The van der Waals surface area contributed by atoms with Gasteiger partial charge in [-0.2, -0.15) is 0 Å². The first-order valence-corrected chi connectivity index (χ1v) is 14.2. The Bertz CT molecular complexity index is 1080. The van der Waals surface area contributed by atoms with Gasteiger partial charge in [0.25, 0.3) is 5.91 Å². The summed E-state index contributed by atoms with van der Waals surface area (Å²) in [4.78, 5) is 39.6. The molecule has 3 saturated heterocycles. The van der Waals surface area contributed by atoms with E-state index in [9.17, 15) is 9.59 Å². The van der Waals surface area contributed by atoms with Gasteiger partial charge in [-0.15, -0.1) is 0 Å². The van der Waals surface area contributed by atoms with Crippen LogP contribution in [0.25, 0.3) is 10.9 Å². The van der Waals surface area contributed by atoms with Crippen molar-refractivity contribution < 1.29 is 9.59 Å². The van der Waals surface area contributed by atoms with Gasteiger partial charge in [0.15, 0.2) is 0 Å². The first kappa shape index (κ1) is 26.5. The van der Waals surface area contributed by atoms with Crippen molar-refractivity contribution in [2.45, 2.75) is 44.2 Å². The lowest BCUT2D eigenvalue weighted by Crippen LogP contribution is -2.57. The molecular formula is C28H41ClN6O2. The number of H-pyrrole nitrogens is 1. The van der Waals surface area contributed by atoms with E-state index < -0.39 is 6.04 Å². The van der Waals surface area contributed by atoms with Gasteiger partial charge in [-0.25, -0.2) is 0 Å². The summed E-state index contributed by atoms with van der Waals surface area (Å²) in [7, 11) is 4.34. The van der Waals surface area contributed by atoms with Gasteiger partial charge >= 0.3 is 0 Å². The lowest BCUT2D eigenvalue weighted by Gasteiger charge is -2.43. The minimum absolute atomic E-state index is 0.0643. The minimum Gasteiger partial charge on any atom is -0.351 e. The number of rotatable bonds is 6. The van der Waals surface area contributed by atoms with Gasteiger partial charge in [0.1, 0.15) is 11.7 Å². The van der Waals surface area contributed by atoms with E-state index in [2.05, 4.69) is 39.1 Å². The van der Waals surface area contributed by atoms with Crippen molar-refractivity contribution in [3.8, 4) is 0 Å². The zero-order valence-electron chi connectivity index (χ0n) is 22.2. The molecule has 0 radical (unpaired) electrons. The summed E-state index contributed by atoms with van der Waals surface area (Å²) in [5.41, 5.74) is 1.32. The van der Waals surface area contributed by atoms with Crippen LogP contribution >= 0.6 is 11.6 Å². The normalized spacial score (nSPS) is 22.4. The topological polar surface area (TPSA) is 74.9 Å². The monoisotopic (exact) mass is 528 g/mol. The van der Waals surface area contributed by atoms with Crippen molar-refractivity contribution in [2.75, 3.05) is 66.5 Å². The third-order valence-electron chi connectivity index (χ3n) is 8.67. The summed E-state index contributed by atoms with van der Waals surface area (Å²) in [6.07, 6.45) is 5.22.